The van der Waals surface area contributed by atoms with E-state index in [0.29, 0.717) is 29.4 Å². The third-order valence-corrected chi connectivity index (χ3v) is 4.59. The minimum absolute atomic E-state index is 0.0679. The van der Waals surface area contributed by atoms with Crippen LogP contribution in [0.25, 0.3) is 11.0 Å². The molecule has 24 heavy (non-hydrogen) atoms. The summed E-state index contributed by atoms with van der Waals surface area (Å²) in [5, 5.41) is 0.522. The first-order valence-corrected chi connectivity index (χ1v) is 8.11. The summed E-state index contributed by atoms with van der Waals surface area (Å²) >= 11 is 6.01. The van der Waals surface area contributed by atoms with Gasteiger partial charge in [0.25, 0.3) is 5.91 Å². The Bertz CT molecular complexity index is 883. The Morgan fingerprint density at radius 1 is 1.29 bits per heavy atom. The average Bonchev–Trinajstić information content (AvgIpc) is 2.96. The fourth-order valence-electron chi connectivity index (χ4n) is 3.00. The predicted molar refractivity (Wildman–Crippen MR) is 92.7 cm³/mol. The van der Waals surface area contributed by atoms with E-state index < -0.39 is 0 Å². The molecule has 2 heterocycles. The summed E-state index contributed by atoms with van der Waals surface area (Å²) in [6, 6.07) is 13.0. The maximum Gasteiger partial charge on any atom is 0.257 e. The summed E-state index contributed by atoms with van der Waals surface area (Å²) in [5.74, 6) is 1.63. The van der Waals surface area contributed by atoms with Gasteiger partial charge >= 0.3 is 0 Å². The van der Waals surface area contributed by atoms with E-state index in [9.17, 15) is 4.79 Å². The molecule has 1 amide bonds. The van der Waals surface area contributed by atoms with Crippen molar-refractivity contribution in [2.45, 2.75) is 5.92 Å². The molecule has 0 spiro atoms. The molecule has 4 rings (SSSR count). The number of amides is 1. The number of aromatic amines is 1. The highest BCUT2D eigenvalue weighted by atomic mass is 35.5. The molecule has 1 fully saturated rings. The maximum absolute atomic E-state index is 12.7. The quantitative estimate of drug-likeness (QED) is 0.793. The summed E-state index contributed by atoms with van der Waals surface area (Å²) in [6.07, 6.45) is 0. The number of H-pyrrole nitrogens is 1. The summed E-state index contributed by atoms with van der Waals surface area (Å²) in [6.45, 7) is 1.27. The van der Waals surface area contributed by atoms with Crippen LogP contribution in [0.4, 0.5) is 0 Å². The van der Waals surface area contributed by atoms with Gasteiger partial charge in [-0.3, -0.25) is 4.79 Å². The molecule has 0 saturated carbocycles. The number of ether oxygens (including phenoxy) is 1. The second-order valence-corrected chi connectivity index (χ2v) is 6.33. The Hall–Kier alpha value is -2.53. The van der Waals surface area contributed by atoms with Crippen molar-refractivity contribution in [1.82, 2.24) is 14.9 Å². The number of rotatable bonds is 3. The topological polar surface area (TPSA) is 58.2 Å². The van der Waals surface area contributed by atoms with Gasteiger partial charge in [-0.2, -0.15) is 0 Å². The molecule has 0 radical (unpaired) electrons. The SMILES string of the molecule is COc1ccc(Cl)cc1C(=O)N1CC(c2nc3ccccc3[nH]2)C1. The van der Waals surface area contributed by atoms with Crippen LogP contribution in [0, 0.1) is 0 Å². The van der Waals surface area contributed by atoms with Gasteiger partial charge in [-0.15, -0.1) is 0 Å². The second kappa shape index (κ2) is 5.83. The normalized spacial score (nSPS) is 14.7. The first kappa shape index (κ1) is 15.0. The zero-order valence-electron chi connectivity index (χ0n) is 13.1. The number of nitrogens with one attached hydrogen (secondary N) is 1. The monoisotopic (exact) mass is 341 g/mol. The molecule has 3 aromatic rings. The van der Waals surface area contributed by atoms with E-state index in [0.717, 1.165) is 16.9 Å². The molecular weight excluding hydrogens is 326 g/mol. The first-order chi connectivity index (χ1) is 11.7. The minimum Gasteiger partial charge on any atom is -0.496 e. The number of para-hydroxylation sites is 2. The van der Waals surface area contributed by atoms with Crippen molar-refractivity contribution in [3.63, 3.8) is 0 Å². The minimum atomic E-state index is -0.0679. The standard InChI is InChI=1S/C18H16ClN3O2/c1-24-16-7-6-12(19)8-13(16)18(23)22-9-11(10-22)17-20-14-4-2-3-5-15(14)21-17/h2-8,11H,9-10H2,1H3,(H,20,21). The van der Waals surface area contributed by atoms with E-state index in [1.165, 1.54) is 0 Å². The van der Waals surface area contributed by atoms with E-state index in [2.05, 4.69) is 9.97 Å². The highest BCUT2D eigenvalue weighted by Crippen LogP contribution is 2.31. The number of aromatic nitrogens is 2. The molecule has 0 atom stereocenters. The fourth-order valence-corrected chi connectivity index (χ4v) is 3.17. The zero-order valence-corrected chi connectivity index (χ0v) is 13.9. The van der Waals surface area contributed by atoms with Crippen molar-refractivity contribution in [2.24, 2.45) is 0 Å². The molecule has 1 aromatic heterocycles. The Morgan fingerprint density at radius 3 is 2.83 bits per heavy atom. The molecule has 6 heteroatoms. The van der Waals surface area contributed by atoms with Crippen LogP contribution in [0.1, 0.15) is 22.1 Å². The van der Waals surface area contributed by atoms with Crippen LogP contribution in [0.3, 0.4) is 0 Å². The number of methoxy groups -OCH3 is 1. The smallest absolute Gasteiger partial charge is 0.257 e. The summed E-state index contributed by atoms with van der Waals surface area (Å²) in [7, 11) is 1.55. The number of benzene rings is 2. The van der Waals surface area contributed by atoms with Gasteiger partial charge in [-0.05, 0) is 30.3 Å². The van der Waals surface area contributed by atoms with Gasteiger partial charge in [0.05, 0.1) is 29.6 Å². The van der Waals surface area contributed by atoms with Crippen molar-refractivity contribution < 1.29 is 9.53 Å². The molecule has 122 valence electrons. The maximum atomic E-state index is 12.7. The van der Waals surface area contributed by atoms with Gasteiger partial charge < -0.3 is 14.6 Å². The molecule has 0 bridgehead atoms. The van der Waals surface area contributed by atoms with Gasteiger partial charge in [0, 0.05) is 18.1 Å². The van der Waals surface area contributed by atoms with Gasteiger partial charge in [0.15, 0.2) is 0 Å². The van der Waals surface area contributed by atoms with Crippen LogP contribution in [-0.2, 0) is 0 Å². The van der Waals surface area contributed by atoms with E-state index in [-0.39, 0.29) is 11.8 Å². The van der Waals surface area contributed by atoms with Crippen molar-refractivity contribution >= 4 is 28.5 Å². The molecule has 0 aliphatic carbocycles. The lowest BCUT2D eigenvalue weighted by atomic mass is 9.98. The van der Waals surface area contributed by atoms with Crippen LogP contribution in [-0.4, -0.2) is 41.0 Å². The second-order valence-electron chi connectivity index (χ2n) is 5.89. The lowest BCUT2D eigenvalue weighted by Gasteiger charge is -2.38. The van der Waals surface area contributed by atoms with Crippen LogP contribution in [0.15, 0.2) is 42.5 Å². The van der Waals surface area contributed by atoms with E-state index in [1.807, 2.05) is 24.3 Å². The molecule has 1 aliphatic heterocycles. The Labute approximate surface area is 144 Å². The Balaban J connectivity index is 1.51. The highest BCUT2D eigenvalue weighted by molar-refractivity contribution is 6.31. The third-order valence-electron chi connectivity index (χ3n) is 4.36. The summed E-state index contributed by atoms with van der Waals surface area (Å²) in [4.78, 5) is 22.4. The van der Waals surface area contributed by atoms with Gasteiger partial charge in [-0.1, -0.05) is 23.7 Å². The van der Waals surface area contributed by atoms with E-state index in [1.54, 1.807) is 30.2 Å². The largest absolute Gasteiger partial charge is 0.496 e. The Kier molecular flexibility index (Phi) is 3.65. The van der Waals surface area contributed by atoms with Crippen molar-refractivity contribution in [3.8, 4) is 5.75 Å². The molecule has 0 unspecified atom stereocenters. The van der Waals surface area contributed by atoms with Crippen molar-refractivity contribution in [2.75, 3.05) is 20.2 Å². The number of nitrogens with zero attached hydrogens (tertiary/aromatic N) is 2. The molecule has 5 nitrogen and oxygen atoms in total. The molecule has 1 saturated heterocycles. The van der Waals surface area contributed by atoms with Crippen LogP contribution in [0.5, 0.6) is 5.75 Å². The first-order valence-electron chi connectivity index (χ1n) is 7.73. The number of hydrogen-bond acceptors (Lipinski definition) is 3. The fraction of sp³-hybridized carbons (Fsp3) is 0.222. The lowest BCUT2D eigenvalue weighted by Crippen LogP contribution is -2.48. The number of likely N-dealkylation sites (tertiary alicyclic amines) is 1. The Morgan fingerprint density at radius 2 is 2.08 bits per heavy atom. The number of imidazole rings is 1. The number of carbonyl (C=O) groups is 1. The lowest BCUT2D eigenvalue weighted by molar-refractivity contribution is 0.0592. The molecule has 1 aliphatic rings. The van der Waals surface area contributed by atoms with Crippen LogP contribution in [0.2, 0.25) is 5.02 Å². The molecular formula is C18H16ClN3O2. The molecule has 2 aromatic carbocycles. The van der Waals surface area contributed by atoms with E-state index in [4.69, 9.17) is 16.3 Å². The van der Waals surface area contributed by atoms with Gasteiger partial charge in [0.1, 0.15) is 11.6 Å². The van der Waals surface area contributed by atoms with Gasteiger partial charge in [-0.25, -0.2) is 4.98 Å². The van der Waals surface area contributed by atoms with Crippen LogP contribution < -0.4 is 4.74 Å². The number of carbonyl (C=O) groups excluding carboxylic acids is 1. The third kappa shape index (κ3) is 2.51. The summed E-state index contributed by atoms with van der Waals surface area (Å²) in [5.41, 5.74) is 2.47. The van der Waals surface area contributed by atoms with E-state index >= 15 is 0 Å². The zero-order chi connectivity index (χ0) is 16.7. The van der Waals surface area contributed by atoms with Gasteiger partial charge in [0.2, 0.25) is 0 Å². The predicted octanol–water partition coefficient (Wildman–Crippen LogP) is 3.46. The summed E-state index contributed by atoms with van der Waals surface area (Å²) < 4.78 is 5.27. The average molecular weight is 342 g/mol. The molecule has 1 N–H and O–H groups in total. The number of halogens is 1. The highest BCUT2D eigenvalue weighted by Gasteiger charge is 2.35. The number of fused-ring (bicyclic) bond motifs is 1. The van der Waals surface area contributed by atoms with Crippen molar-refractivity contribution in [1.29, 1.82) is 0 Å². The van der Waals surface area contributed by atoms with Crippen molar-refractivity contribution in [3.05, 3.63) is 58.9 Å². The number of hydrogen-bond donors (Lipinski definition) is 1. The van der Waals surface area contributed by atoms with Crippen LogP contribution >= 0.6 is 11.6 Å².